The van der Waals surface area contributed by atoms with Crippen LogP contribution in [0.25, 0.3) is 11.3 Å². The summed E-state index contributed by atoms with van der Waals surface area (Å²) in [5, 5.41) is 7.25. The minimum atomic E-state index is -0.209. The van der Waals surface area contributed by atoms with Gasteiger partial charge in [-0.3, -0.25) is 9.48 Å². The first-order valence-electron chi connectivity index (χ1n) is 8.34. The number of rotatable bonds is 4. The molecule has 1 aromatic carbocycles. The highest BCUT2D eigenvalue weighted by molar-refractivity contribution is 6.04. The van der Waals surface area contributed by atoms with Gasteiger partial charge in [0.25, 0.3) is 5.91 Å². The van der Waals surface area contributed by atoms with Crippen molar-refractivity contribution in [3.8, 4) is 11.3 Å². The molecule has 0 radical (unpaired) electrons. The molecule has 0 bridgehead atoms. The number of benzene rings is 1. The first-order chi connectivity index (χ1) is 11.9. The van der Waals surface area contributed by atoms with E-state index in [0.717, 1.165) is 28.1 Å². The molecule has 5 heteroatoms. The first kappa shape index (κ1) is 16.9. The third-order valence-electron chi connectivity index (χ3n) is 4.05. The second-order valence-electron chi connectivity index (χ2n) is 6.48. The highest BCUT2D eigenvalue weighted by atomic mass is 16.1. The largest absolute Gasteiger partial charge is 0.321 e. The minimum Gasteiger partial charge on any atom is -0.321 e. The van der Waals surface area contributed by atoms with Crippen molar-refractivity contribution < 1.29 is 4.79 Å². The fourth-order valence-corrected chi connectivity index (χ4v) is 2.50. The zero-order valence-corrected chi connectivity index (χ0v) is 14.9. The molecule has 128 valence electrons. The molecule has 2 aromatic heterocycles. The topological polar surface area (TPSA) is 59.8 Å². The van der Waals surface area contributed by atoms with E-state index in [1.807, 2.05) is 61.1 Å². The van der Waals surface area contributed by atoms with E-state index in [0.29, 0.717) is 5.69 Å². The predicted molar refractivity (Wildman–Crippen MR) is 99.7 cm³/mol. The zero-order valence-electron chi connectivity index (χ0n) is 14.9. The van der Waals surface area contributed by atoms with Crippen LogP contribution in [0.4, 0.5) is 5.69 Å². The highest BCUT2D eigenvalue weighted by Crippen LogP contribution is 2.20. The van der Waals surface area contributed by atoms with Gasteiger partial charge in [-0.15, -0.1) is 0 Å². The number of amides is 1. The Bertz CT molecular complexity index is 894. The maximum Gasteiger partial charge on any atom is 0.274 e. The van der Waals surface area contributed by atoms with E-state index in [4.69, 9.17) is 0 Å². The van der Waals surface area contributed by atoms with Crippen LogP contribution in [0, 0.1) is 13.8 Å². The van der Waals surface area contributed by atoms with E-state index in [9.17, 15) is 4.79 Å². The molecular weight excluding hydrogens is 312 g/mol. The summed E-state index contributed by atoms with van der Waals surface area (Å²) in [6.07, 6.45) is 3.73. The molecule has 0 aliphatic rings. The van der Waals surface area contributed by atoms with Gasteiger partial charge in [-0.05, 0) is 51.5 Å². The van der Waals surface area contributed by atoms with E-state index in [1.54, 1.807) is 6.20 Å². The number of hydrogen-bond donors (Lipinski definition) is 1. The summed E-state index contributed by atoms with van der Waals surface area (Å²) >= 11 is 0. The van der Waals surface area contributed by atoms with Crippen molar-refractivity contribution in [2.45, 2.75) is 33.7 Å². The molecule has 0 atom stereocenters. The second kappa shape index (κ2) is 6.89. The number of aryl methyl sites for hydroxylation is 2. The Kier molecular flexibility index (Phi) is 4.65. The van der Waals surface area contributed by atoms with Crippen LogP contribution >= 0.6 is 0 Å². The second-order valence-corrected chi connectivity index (χ2v) is 6.48. The Hall–Kier alpha value is -2.95. The maximum atomic E-state index is 12.6. The fraction of sp³-hybridized carbons (Fsp3) is 0.250. The molecule has 3 aromatic rings. The van der Waals surface area contributed by atoms with E-state index >= 15 is 0 Å². The van der Waals surface area contributed by atoms with Crippen LogP contribution in [0.2, 0.25) is 0 Å². The van der Waals surface area contributed by atoms with Crippen molar-refractivity contribution in [1.82, 2.24) is 14.8 Å². The van der Waals surface area contributed by atoms with Gasteiger partial charge in [0, 0.05) is 23.5 Å². The summed E-state index contributed by atoms with van der Waals surface area (Å²) in [4.78, 5) is 17.2. The number of aromatic nitrogens is 3. The summed E-state index contributed by atoms with van der Waals surface area (Å²) < 4.78 is 1.88. The van der Waals surface area contributed by atoms with Crippen LogP contribution in [0.15, 0.2) is 48.8 Å². The lowest BCUT2D eigenvalue weighted by Crippen LogP contribution is -2.15. The Balaban J connectivity index is 1.87. The third kappa shape index (κ3) is 3.76. The normalized spacial score (nSPS) is 10.9. The number of anilines is 1. The van der Waals surface area contributed by atoms with Crippen LogP contribution in [0.5, 0.6) is 0 Å². The molecule has 0 saturated carbocycles. The summed E-state index contributed by atoms with van der Waals surface area (Å²) in [6.45, 7) is 8.04. The SMILES string of the molecule is Cc1ccc(NC(=O)c2nc(-c3cnn(C(C)C)c3)ccc2C)cc1. The molecule has 25 heavy (non-hydrogen) atoms. The van der Waals surface area contributed by atoms with Crippen LogP contribution in [0.3, 0.4) is 0 Å². The van der Waals surface area contributed by atoms with Gasteiger partial charge in [0.1, 0.15) is 5.69 Å². The molecule has 3 rings (SSSR count). The van der Waals surface area contributed by atoms with Crippen molar-refractivity contribution in [2.24, 2.45) is 0 Å². The highest BCUT2D eigenvalue weighted by Gasteiger charge is 2.14. The zero-order chi connectivity index (χ0) is 18.0. The van der Waals surface area contributed by atoms with Crippen LogP contribution in [0.1, 0.15) is 41.5 Å². The van der Waals surface area contributed by atoms with Crippen molar-refractivity contribution in [1.29, 1.82) is 0 Å². The van der Waals surface area contributed by atoms with Gasteiger partial charge in [-0.25, -0.2) is 4.98 Å². The molecule has 0 saturated heterocycles. The summed E-state index contributed by atoms with van der Waals surface area (Å²) in [5.41, 5.74) is 4.82. The fourth-order valence-electron chi connectivity index (χ4n) is 2.50. The smallest absolute Gasteiger partial charge is 0.274 e. The molecule has 0 fully saturated rings. The van der Waals surface area contributed by atoms with Gasteiger partial charge in [0.15, 0.2) is 0 Å². The van der Waals surface area contributed by atoms with Crippen molar-refractivity contribution in [2.75, 3.05) is 5.32 Å². The summed E-state index contributed by atoms with van der Waals surface area (Å²) in [7, 11) is 0. The molecule has 0 spiro atoms. The maximum absolute atomic E-state index is 12.6. The molecule has 0 aliphatic carbocycles. The quantitative estimate of drug-likeness (QED) is 0.769. The number of hydrogen-bond acceptors (Lipinski definition) is 3. The standard InChI is InChI=1S/C20H22N4O/c1-13(2)24-12-16(11-21-24)18-10-7-15(4)19(23-18)20(25)22-17-8-5-14(3)6-9-17/h5-13H,1-4H3,(H,22,25). The number of carbonyl (C=O) groups is 1. The van der Waals surface area contributed by atoms with Crippen LogP contribution in [-0.4, -0.2) is 20.7 Å². The first-order valence-corrected chi connectivity index (χ1v) is 8.34. The average Bonchev–Trinajstić information content (AvgIpc) is 3.07. The number of carbonyl (C=O) groups excluding carboxylic acids is 1. The molecule has 1 amide bonds. The van der Waals surface area contributed by atoms with Crippen molar-refractivity contribution in [3.05, 3.63) is 65.6 Å². The monoisotopic (exact) mass is 334 g/mol. The molecule has 2 heterocycles. The van der Waals surface area contributed by atoms with Gasteiger partial charge in [0.2, 0.25) is 0 Å². The molecule has 0 aliphatic heterocycles. The Morgan fingerprint density at radius 3 is 2.44 bits per heavy atom. The molecule has 1 N–H and O–H groups in total. The minimum absolute atomic E-state index is 0.209. The lowest BCUT2D eigenvalue weighted by molar-refractivity contribution is 0.102. The van der Waals surface area contributed by atoms with E-state index in [-0.39, 0.29) is 11.9 Å². The Labute approximate surface area is 147 Å². The van der Waals surface area contributed by atoms with E-state index < -0.39 is 0 Å². The summed E-state index contributed by atoms with van der Waals surface area (Å²) in [6, 6.07) is 11.8. The van der Waals surface area contributed by atoms with Gasteiger partial charge < -0.3 is 5.32 Å². The van der Waals surface area contributed by atoms with Crippen molar-refractivity contribution in [3.63, 3.8) is 0 Å². The lowest BCUT2D eigenvalue weighted by atomic mass is 10.1. The van der Waals surface area contributed by atoms with E-state index in [2.05, 4.69) is 29.2 Å². The van der Waals surface area contributed by atoms with Crippen LogP contribution < -0.4 is 5.32 Å². The van der Waals surface area contributed by atoms with Gasteiger partial charge in [-0.1, -0.05) is 23.8 Å². The number of nitrogens with zero attached hydrogens (tertiary/aromatic N) is 3. The van der Waals surface area contributed by atoms with E-state index in [1.165, 1.54) is 0 Å². The number of nitrogens with one attached hydrogen (secondary N) is 1. The lowest BCUT2D eigenvalue weighted by Gasteiger charge is -2.09. The Morgan fingerprint density at radius 2 is 1.80 bits per heavy atom. The summed E-state index contributed by atoms with van der Waals surface area (Å²) in [5.74, 6) is -0.209. The third-order valence-corrected chi connectivity index (χ3v) is 4.05. The molecule has 5 nitrogen and oxygen atoms in total. The predicted octanol–water partition coefficient (Wildman–Crippen LogP) is 4.40. The molecule has 0 unspecified atom stereocenters. The number of pyridine rings is 1. The van der Waals surface area contributed by atoms with Crippen molar-refractivity contribution >= 4 is 11.6 Å². The van der Waals surface area contributed by atoms with Crippen LogP contribution in [-0.2, 0) is 0 Å². The van der Waals surface area contributed by atoms with Gasteiger partial charge >= 0.3 is 0 Å². The average molecular weight is 334 g/mol. The van der Waals surface area contributed by atoms with Gasteiger partial charge in [-0.2, -0.15) is 5.10 Å². The molecular formula is C20H22N4O. The van der Waals surface area contributed by atoms with Gasteiger partial charge in [0.05, 0.1) is 11.9 Å². The Morgan fingerprint density at radius 1 is 1.08 bits per heavy atom.